The van der Waals surface area contributed by atoms with E-state index in [1.807, 2.05) is 0 Å². The Balaban J connectivity index is 3.05. The molecule has 104 valence electrons. The second-order valence-electron chi connectivity index (χ2n) is 5.28. The number of carbonyl (C=O) groups is 1. The molecule has 7 heteroatoms. The lowest BCUT2D eigenvalue weighted by Crippen LogP contribution is -2.30. The first kappa shape index (κ1) is 15.2. The van der Waals surface area contributed by atoms with Gasteiger partial charge in [0, 0.05) is 6.07 Å². The van der Waals surface area contributed by atoms with E-state index in [2.05, 4.69) is 24.4 Å². The smallest absolute Gasteiger partial charge is 0.338 e. The largest absolute Gasteiger partial charge is 0.491 e. The molecule has 19 heavy (non-hydrogen) atoms. The minimum Gasteiger partial charge on any atom is -0.491 e. The summed E-state index contributed by atoms with van der Waals surface area (Å²) >= 11 is 0. The highest BCUT2D eigenvalue weighted by atomic mass is 28.3. The molecule has 1 rings (SSSR count). The highest BCUT2D eigenvalue weighted by Gasteiger charge is 2.21. The van der Waals surface area contributed by atoms with Crippen LogP contribution in [0.3, 0.4) is 0 Å². The van der Waals surface area contributed by atoms with Crippen LogP contribution in [0.1, 0.15) is 10.4 Å². The molecule has 0 aliphatic carbocycles. The van der Waals surface area contributed by atoms with Gasteiger partial charge in [0.05, 0.1) is 31.9 Å². The van der Waals surface area contributed by atoms with Crippen molar-refractivity contribution in [3.05, 3.63) is 33.9 Å². The Labute approximate surface area is 112 Å². The summed E-state index contributed by atoms with van der Waals surface area (Å²) in [5.74, 6) is -0.431. The summed E-state index contributed by atoms with van der Waals surface area (Å²) in [5, 5.41) is 11.0. The van der Waals surface area contributed by atoms with E-state index in [0.717, 1.165) is 0 Å². The second-order valence-corrected chi connectivity index (χ2v) is 10.7. The summed E-state index contributed by atoms with van der Waals surface area (Å²) < 4.78 is 10.0. The van der Waals surface area contributed by atoms with E-state index in [9.17, 15) is 14.9 Å². The van der Waals surface area contributed by atoms with Crippen LogP contribution < -0.4 is 4.74 Å². The molecule has 0 saturated carbocycles. The van der Waals surface area contributed by atoms with E-state index in [4.69, 9.17) is 4.74 Å². The Morgan fingerprint density at radius 2 is 2.00 bits per heavy atom. The van der Waals surface area contributed by atoms with Gasteiger partial charge in [0.15, 0.2) is 5.75 Å². The molecule has 0 aliphatic rings. The lowest BCUT2D eigenvalue weighted by Gasteiger charge is -2.16. The van der Waals surface area contributed by atoms with Crippen LogP contribution in [0.25, 0.3) is 0 Å². The molecule has 0 amide bonds. The Kier molecular flexibility index (Phi) is 4.65. The second kappa shape index (κ2) is 5.83. The predicted molar refractivity (Wildman–Crippen MR) is 73.3 cm³/mol. The molecule has 1 aromatic rings. The number of rotatable bonds is 5. The Hall–Kier alpha value is -1.89. The molecule has 6 nitrogen and oxygen atoms in total. The molecule has 0 bridgehead atoms. The fourth-order valence-electron chi connectivity index (χ4n) is 1.32. The van der Waals surface area contributed by atoms with Gasteiger partial charge in [-0.05, 0) is 12.1 Å². The maximum atomic E-state index is 11.3. The summed E-state index contributed by atoms with van der Waals surface area (Å²) in [6.07, 6.45) is 0.478. The van der Waals surface area contributed by atoms with Gasteiger partial charge in [-0.15, -0.1) is 0 Å². The number of methoxy groups -OCH3 is 1. The topological polar surface area (TPSA) is 78.7 Å². The van der Waals surface area contributed by atoms with Crippen molar-refractivity contribution in [2.75, 3.05) is 13.3 Å². The van der Waals surface area contributed by atoms with Crippen LogP contribution >= 0.6 is 0 Å². The number of hydrogen-bond acceptors (Lipinski definition) is 5. The maximum absolute atomic E-state index is 11.3. The normalized spacial score (nSPS) is 10.9. The summed E-state index contributed by atoms with van der Waals surface area (Å²) in [6, 6.07) is 4.06. The number of nitro groups is 1. The van der Waals surface area contributed by atoms with Gasteiger partial charge in [-0.3, -0.25) is 10.1 Å². The van der Waals surface area contributed by atoms with Gasteiger partial charge in [-0.1, -0.05) is 19.6 Å². The first-order valence-electron chi connectivity index (χ1n) is 5.74. The molecule has 0 aliphatic heterocycles. The van der Waals surface area contributed by atoms with E-state index in [0.29, 0.717) is 6.23 Å². The lowest BCUT2D eigenvalue weighted by molar-refractivity contribution is -0.385. The maximum Gasteiger partial charge on any atom is 0.338 e. The molecule has 0 heterocycles. The Morgan fingerprint density at radius 3 is 2.47 bits per heavy atom. The number of benzene rings is 1. The molecular weight excluding hydrogens is 266 g/mol. The zero-order valence-corrected chi connectivity index (χ0v) is 12.4. The van der Waals surface area contributed by atoms with Crippen molar-refractivity contribution in [3.63, 3.8) is 0 Å². The van der Waals surface area contributed by atoms with Crippen molar-refractivity contribution in [3.8, 4) is 5.75 Å². The molecule has 1 aromatic carbocycles. The third kappa shape index (κ3) is 4.36. The first-order valence-corrected chi connectivity index (χ1v) is 9.45. The van der Waals surface area contributed by atoms with Crippen molar-refractivity contribution in [2.24, 2.45) is 0 Å². The number of nitrogens with zero attached hydrogens (tertiary/aromatic N) is 1. The standard InChI is InChI=1S/C12H17NO5Si/c1-17-12(14)9-5-6-11(10(7-9)13(15)16)18-8-19(2,3)4/h5-7H,8H2,1-4H3. The average molecular weight is 283 g/mol. The molecule has 0 spiro atoms. The minimum absolute atomic E-state index is 0.134. The molecule has 0 radical (unpaired) electrons. The number of carbonyl (C=O) groups excluding carboxylic acids is 1. The number of esters is 1. The van der Waals surface area contributed by atoms with Crippen LogP contribution in [0, 0.1) is 10.1 Å². The number of nitro benzene ring substituents is 1. The van der Waals surface area contributed by atoms with Crippen LogP contribution in [0.2, 0.25) is 19.6 Å². The van der Waals surface area contributed by atoms with Crippen LogP contribution in [0.4, 0.5) is 5.69 Å². The predicted octanol–water partition coefficient (Wildman–Crippen LogP) is 2.64. The average Bonchev–Trinajstić information content (AvgIpc) is 2.34. The Bertz CT molecular complexity index is 495. The van der Waals surface area contributed by atoms with Crippen molar-refractivity contribution < 1.29 is 19.2 Å². The highest BCUT2D eigenvalue weighted by Crippen LogP contribution is 2.28. The zero-order chi connectivity index (χ0) is 14.6. The van der Waals surface area contributed by atoms with E-state index in [-0.39, 0.29) is 17.0 Å². The number of hydrogen-bond donors (Lipinski definition) is 0. The van der Waals surface area contributed by atoms with Crippen molar-refractivity contribution in [1.82, 2.24) is 0 Å². The molecule has 0 unspecified atom stereocenters. The summed E-state index contributed by atoms with van der Waals surface area (Å²) in [5.41, 5.74) is -0.0873. The van der Waals surface area contributed by atoms with Gasteiger partial charge in [0.25, 0.3) is 0 Å². The summed E-state index contributed by atoms with van der Waals surface area (Å²) in [4.78, 5) is 21.8. The lowest BCUT2D eigenvalue weighted by atomic mass is 10.2. The van der Waals surface area contributed by atoms with Crippen LogP contribution in [0.5, 0.6) is 5.75 Å². The van der Waals surface area contributed by atoms with Crippen LogP contribution in [0.15, 0.2) is 18.2 Å². The first-order chi connectivity index (χ1) is 8.74. The fraction of sp³-hybridized carbons (Fsp3) is 0.417. The third-order valence-electron chi connectivity index (χ3n) is 2.24. The van der Waals surface area contributed by atoms with E-state index in [1.165, 1.54) is 25.3 Å². The van der Waals surface area contributed by atoms with Gasteiger partial charge >= 0.3 is 11.7 Å². The summed E-state index contributed by atoms with van der Waals surface area (Å²) in [6.45, 7) is 6.30. The monoisotopic (exact) mass is 283 g/mol. The van der Waals surface area contributed by atoms with Crippen LogP contribution in [-0.4, -0.2) is 32.3 Å². The zero-order valence-electron chi connectivity index (χ0n) is 11.4. The molecule has 0 atom stereocenters. The van der Waals surface area contributed by atoms with Gasteiger partial charge in [-0.2, -0.15) is 0 Å². The summed E-state index contributed by atoms with van der Waals surface area (Å²) in [7, 11) is -0.250. The molecular formula is C12H17NO5Si. The van der Waals surface area contributed by atoms with Gasteiger partial charge in [-0.25, -0.2) is 4.79 Å². The van der Waals surface area contributed by atoms with Gasteiger partial charge in [0.2, 0.25) is 0 Å². The highest BCUT2D eigenvalue weighted by molar-refractivity contribution is 6.76. The van der Waals surface area contributed by atoms with Crippen molar-refractivity contribution in [2.45, 2.75) is 19.6 Å². The molecule has 0 N–H and O–H groups in total. The molecule has 0 saturated heterocycles. The van der Waals surface area contributed by atoms with E-state index < -0.39 is 19.0 Å². The van der Waals surface area contributed by atoms with Crippen LogP contribution in [-0.2, 0) is 4.74 Å². The number of ether oxygens (including phenoxy) is 2. The van der Waals surface area contributed by atoms with E-state index in [1.54, 1.807) is 0 Å². The molecule has 0 fully saturated rings. The van der Waals surface area contributed by atoms with Crippen molar-refractivity contribution in [1.29, 1.82) is 0 Å². The fourth-order valence-corrected chi connectivity index (χ4v) is 1.91. The third-order valence-corrected chi connectivity index (χ3v) is 3.25. The van der Waals surface area contributed by atoms with Crippen molar-refractivity contribution >= 4 is 19.7 Å². The van der Waals surface area contributed by atoms with E-state index >= 15 is 0 Å². The van der Waals surface area contributed by atoms with Gasteiger partial charge < -0.3 is 9.47 Å². The SMILES string of the molecule is COC(=O)c1ccc(OC[Si](C)(C)C)c([N+](=O)[O-])c1. The minimum atomic E-state index is -1.48. The quantitative estimate of drug-likeness (QED) is 0.359. The van der Waals surface area contributed by atoms with Gasteiger partial charge in [0.1, 0.15) is 0 Å². The Morgan fingerprint density at radius 1 is 1.37 bits per heavy atom. The molecule has 0 aromatic heterocycles.